The summed E-state index contributed by atoms with van der Waals surface area (Å²) in [6.07, 6.45) is 0. The van der Waals surface area contributed by atoms with Gasteiger partial charge in [-0.3, -0.25) is 0 Å². The molecule has 0 spiro atoms. The van der Waals surface area contributed by atoms with E-state index in [9.17, 15) is 12.8 Å². The summed E-state index contributed by atoms with van der Waals surface area (Å²) in [4.78, 5) is 3.78. The average molecular weight is 314 g/mol. The van der Waals surface area contributed by atoms with Crippen LogP contribution < -0.4 is 10.0 Å². The fourth-order valence-electron chi connectivity index (χ4n) is 1.76. The van der Waals surface area contributed by atoms with Crippen LogP contribution in [-0.2, 0) is 23.1 Å². The molecule has 0 radical (unpaired) electrons. The molecule has 0 fully saturated rings. The molecule has 2 rings (SSSR count). The van der Waals surface area contributed by atoms with Gasteiger partial charge in [0.1, 0.15) is 5.82 Å². The molecule has 1 aromatic carbocycles. The molecule has 0 aliphatic rings. The molecule has 9 heteroatoms. The van der Waals surface area contributed by atoms with Crippen LogP contribution in [0.1, 0.15) is 17.3 Å². The molecule has 1 aromatic heterocycles. The monoisotopic (exact) mass is 314 g/mol. The van der Waals surface area contributed by atoms with Crippen molar-refractivity contribution in [2.24, 2.45) is 0 Å². The Hall–Kier alpha value is -1.84. The molecule has 114 valence electrons. The maximum absolute atomic E-state index is 13.3. The maximum atomic E-state index is 13.3. The second-order valence-electron chi connectivity index (χ2n) is 4.34. The number of sulfonamides is 1. The van der Waals surface area contributed by atoms with Gasteiger partial charge in [-0.05, 0) is 31.7 Å². The van der Waals surface area contributed by atoms with Crippen LogP contribution in [0, 0.1) is 12.7 Å². The second-order valence-corrected chi connectivity index (χ2v) is 6.08. The van der Waals surface area contributed by atoms with E-state index in [2.05, 4.69) is 20.2 Å². The van der Waals surface area contributed by atoms with E-state index in [0.29, 0.717) is 17.9 Å². The summed E-state index contributed by atoms with van der Waals surface area (Å²) in [7, 11) is -2.21. The smallest absolute Gasteiger partial charge is 0.241 e. The van der Waals surface area contributed by atoms with Crippen LogP contribution in [0.15, 0.2) is 27.6 Å². The standard InChI is InChI=1S/C12H15FN4O3S/c1-8-16-12(20-17-8)7-15-21(18,19)11-5-10(13)4-3-9(11)6-14-2/h3-5,14-15H,6-7H2,1-2H3. The SMILES string of the molecule is CNCc1ccc(F)cc1S(=O)(=O)NCc1nc(C)no1. The lowest BCUT2D eigenvalue weighted by Crippen LogP contribution is -2.25. The fourth-order valence-corrected chi connectivity index (χ4v) is 2.98. The van der Waals surface area contributed by atoms with Crippen molar-refractivity contribution < 1.29 is 17.3 Å². The first kappa shape index (κ1) is 15.5. The van der Waals surface area contributed by atoms with E-state index >= 15 is 0 Å². The minimum Gasteiger partial charge on any atom is -0.338 e. The minimum atomic E-state index is -3.88. The largest absolute Gasteiger partial charge is 0.338 e. The second kappa shape index (κ2) is 6.29. The average Bonchev–Trinajstić information content (AvgIpc) is 2.85. The van der Waals surface area contributed by atoms with E-state index in [1.165, 1.54) is 12.1 Å². The van der Waals surface area contributed by atoms with Gasteiger partial charge in [0.05, 0.1) is 11.4 Å². The van der Waals surface area contributed by atoms with E-state index in [-0.39, 0.29) is 17.3 Å². The first-order chi connectivity index (χ1) is 9.92. The first-order valence-electron chi connectivity index (χ1n) is 6.14. The van der Waals surface area contributed by atoms with Crippen molar-refractivity contribution in [2.75, 3.05) is 7.05 Å². The molecular weight excluding hydrogens is 299 g/mol. The van der Waals surface area contributed by atoms with Crippen molar-refractivity contribution >= 4 is 10.0 Å². The van der Waals surface area contributed by atoms with Crippen LogP contribution >= 0.6 is 0 Å². The topological polar surface area (TPSA) is 97.1 Å². The van der Waals surface area contributed by atoms with Gasteiger partial charge in [-0.15, -0.1) is 0 Å². The fraction of sp³-hybridized carbons (Fsp3) is 0.333. The molecule has 2 N–H and O–H groups in total. The van der Waals surface area contributed by atoms with Gasteiger partial charge in [-0.25, -0.2) is 17.5 Å². The Kier molecular flexibility index (Phi) is 4.66. The normalized spacial score (nSPS) is 11.8. The molecular formula is C12H15FN4O3S. The highest BCUT2D eigenvalue weighted by Gasteiger charge is 2.20. The number of hydrogen-bond acceptors (Lipinski definition) is 6. The van der Waals surface area contributed by atoms with Gasteiger partial charge in [0.15, 0.2) is 5.82 Å². The minimum absolute atomic E-state index is 0.118. The highest BCUT2D eigenvalue weighted by molar-refractivity contribution is 7.89. The number of rotatable bonds is 6. The van der Waals surface area contributed by atoms with Gasteiger partial charge in [-0.2, -0.15) is 4.98 Å². The number of nitrogens with zero attached hydrogens (tertiary/aromatic N) is 2. The zero-order chi connectivity index (χ0) is 15.5. The molecule has 0 unspecified atom stereocenters. The highest BCUT2D eigenvalue weighted by Crippen LogP contribution is 2.17. The predicted octanol–water partition coefficient (Wildman–Crippen LogP) is 0.715. The Bertz CT molecular complexity index is 730. The zero-order valence-corrected chi connectivity index (χ0v) is 12.4. The number of halogens is 1. The van der Waals surface area contributed by atoms with Crippen LogP contribution in [-0.4, -0.2) is 25.6 Å². The van der Waals surface area contributed by atoms with Gasteiger partial charge in [0.2, 0.25) is 15.9 Å². The molecule has 2 aromatic rings. The molecule has 0 aliphatic heterocycles. The number of aromatic nitrogens is 2. The Morgan fingerprint density at radius 3 is 2.71 bits per heavy atom. The molecule has 0 saturated carbocycles. The highest BCUT2D eigenvalue weighted by atomic mass is 32.2. The summed E-state index contributed by atoms with van der Waals surface area (Å²) in [5, 5.41) is 6.40. The summed E-state index contributed by atoms with van der Waals surface area (Å²) >= 11 is 0. The quantitative estimate of drug-likeness (QED) is 0.815. The maximum Gasteiger partial charge on any atom is 0.241 e. The summed E-state index contributed by atoms with van der Waals surface area (Å²) < 4.78 is 45.0. The van der Waals surface area contributed by atoms with Gasteiger partial charge >= 0.3 is 0 Å². The number of nitrogens with one attached hydrogen (secondary N) is 2. The third kappa shape index (κ3) is 3.84. The molecule has 7 nitrogen and oxygen atoms in total. The molecule has 0 saturated heterocycles. The van der Waals surface area contributed by atoms with E-state index in [1.807, 2.05) is 0 Å². The van der Waals surface area contributed by atoms with E-state index in [0.717, 1.165) is 6.07 Å². The van der Waals surface area contributed by atoms with Crippen LogP contribution in [0.25, 0.3) is 0 Å². The summed E-state index contributed by atoms with van der Waals surface area (Å²) in [5.41, 5.74) is 0.466. The van der Waals surface area contributed by atoms with Crippen molar-refractivity contribution in [3.8, 4) is 0 Å². The Labute approximate surface area is 121 Å². The number of aryl methyl sites for hydroxylation is 1. The Morgan fingerprint density at radius 2 is 2.10 bits per heavy atom. The molecule has 0 amide bonds. The summed E-state index contributed by atoms with van der Waals surface area (Å²) in [6.45, 7) is 1.77. The predicted molar refractivity (Wildman–Crippen MR) is 72.2 cm³/mol. The van der Waals surface area contributed by atoms with Crippen LogP contribution in [0.3, 0.4) is 0 Å². The Morgan fingerprint density at radius 1 is 1.33 bits per heavy atom. The molecule has 0 aliphatic carbocycles. The molecule has 0 atom stereocenters. The van der Waals surface area contributed by atoms with E-state index < -0.39 is 15.8 Å². The van der Waals surface area contributed by atoms with Gasteiger partial charge < -0.3 is 9.84 Å². The van der Waals surface area contributed by atoms with Crippen molar-refractivity contribution in [3.05, 3.63) is 41.3 Å². The first-order valence-corrected chi connectivity index (χ1v) is 7.62. The zero-order valence-electron chi connectivity index (χ0n) is 11.6. The summed E-state index contributed by atoms with van der Waals surface area (Å²) in [6, 6.07) is 3.62. The Balaban J connectivity index is 2.24. The van der Waals surface area contributed by atoms with Crippen molar-refractivity contribution in [2.45, 2.75) is 24.9 Å². The summed E-state index contributed by atoms with van der Waals surface area (Å²) in [5.74, 6) is -0.0719. The van der Waals surface area contributed by atoms with Gasteiger partial charge in [0.25, 0.3) is 0 Å². The van der Waals surface area contributed by atoms with Crippen molar-refractivity contribution in [3.63, 3.8) is 0 Å². The third-order valence-corrected chi connectivity index (χ3v) is 4.15. The molecule has 1 heterocycles. The molecule has 0 bridgehead atoms. The van der Waals surface area contributed by atoms with Gasteiger partial charge in [-0.1, -0.05) is 11.2 Å². The lowest BCUT2D eigenvalue weighted by atomic mass is 10.2. The third-order valence-electron chi connectivity index (χ3n) is 2.67. The molecule has 21 heavy (non-hydrogen) atoms. The lowest BCUT2D eigenvalue weighted by molar-refractivity contribution is 0.372. The van der Waals surface area contributed by atoms with Crippen molar-refractivity contribution in [1.29, 1.82) is 0 Å². The van der Waals surface area contributed by atoms with Gasteiger partial charge in [0, 0.05) is 6.54 Å². The number of hydrogen-bond donors (Lipinski definition) is 2. The number of benzene rings is 1. The van der Waals surface area contributed by atoms with Crippen LogP contribution in [0.5, 0.6) is 0 Å². The lowest BCUT2D eigenvalue weighted by Gasteiger charge is -2.10. The van der Waals surface area contributed by atoms with E-state index in [4.69, 9.17) is 4.52 Å². The van der Waals surface area contributed by atoms with Crippen molar-refractivity contribution in [1.82, 2.24) is 20.2 Å². The van der Waals surface area contributed by atoms with E-state index in [1.54, 1.807) is 14.0 Å². The van der Waals surface area contributed by atoms with Crippen LogP contribution in [0.2, 0.25) is 0 Å². The van der Waals surface area contributed by atoms with Crippen LogP contribution in [0.4, 0.5) is 4.39 Å².